The topological polar surface area (TPSA) is 92.5 Å². The van der Waals surface area contributed by atoms with Gasteiger partial charge in [-0.15, -0.1) is 0 Å². The van der Waals surface area contributed by atoms with Crippen molar-refractivity contribution in [3.05, 3.63) is 62.1 Å². The summed E-state index contributed by atoms with van der Waals surface area (Å²) in [5.41, 5.74) is 1.02. The highest BCUT2D eigenvalue weighted by atomic mass is 79.9. The maximum absolute atomic E-state index is 12.5. The molecule has 26 heavy (non-hydrogen) atoms. The van der Waals surface area contributed by atoms with Crippen LogP contribution in [0.2, 0.25) is 5.02 Å². The predicted molar refractivity (Wildman–Crippen MR) is 101 cm³/mol. The van der Waals surface area contributed by atoms with Crippen molar-refractivity contribution in [2.24, 2.45) is 5.92 Å². The van der Waals surface area contributed by atoms with E-state index in [0.29, 0.717) is 20.9 Å². The van der Waals surface area contributed by atoms with Gasteiger partial charge in [-0.1, -0.05) is 11.6 Å². The van der Waals surface area contributed by atoms with Crippen molar-refractivity contribution in [2.45, 2.75) is 6.42 Å². The molecule has 0 radical (unpaired) electrons. The van der Waals surface area contributed by atoms with Gasteiger partial charge in [-0.2, -0.15) is 0 Å². The maximum atomic E-state index is 12.5. The molecule has 0 bridgehead atoms. The van der Waals surface area contributed by atoms with Crippen molar-refractivity contribution < 1.29 is 14.5 Å². The van der Waals surface area contributed by atoms with Crippen LogP contribution in [0.5, 0.6) is 0 Å². The summed E-state index contributed by atoms with van der Waals surface area (Å²) in [7, 11) is 0. The molecule has 2 aromatic carbocycles. The standard InChI is InChI=1S/C17H13BrClN3O4/c18-14-8-13(22(25)26)5-6-15(14)20-17(24)10-7-16(23)21(9-10)12-3-1-11(19)2-4-12/h1-6,8,10H,7,9H2,(H,20,24)/t10-/m0/s1. The summed E-state index contributed by atoms with van der Waals surface area (Å²) in [5.74, 6) is -0.972. The molecule has 1 aliphatic heterocycles. The Hall–Kier alpha value is -2.45. The first-order chi connectivity index (χ1) is 12.3. The van der Waals surface area contributed by atoms with Gasteiger partial charge in [0.25, 0.3) is 5.69 Å². The Bertz CT molecular complexity index is 888. The Morgan fingerprint density at radius 1 is 1.27 bits per heavy atom. The molecule has 7 nitrogen and oxygen atoms in total. The van der Waals surface area contributed by atoms with Gasteiger partial charge >= 0.3 is 0 Å². The quantitative estimate of drug-likeness (QED) is 0.577. The number of nitrogens with one attached hydrogen (secondary N) is 1. The first-order valence-electron chi connectivity index (χ1n) is 7.66. The molecular formula is C17H13BrClN3O4. The first-order valence-corrected chi connectivity index (χ1v) is 8.83. The number of halogens is 2. The number of benzene rings is 2. The SMILES string of the molecule is O=C(Nc1ccc([N+](=O)[O-])cc1Br)[C@H]1CC(=O)N(c2ccc(Cl)cc2)C1. The molecule has 3 rings (SSSR count). The number of anilines is 2. The third kappa shape index (κ3) is 3.86. The molecule has 9 heteroatoms. The monoisotopic (exact) mass is 437 g/mol. The third-order valence-corrected chi connectivity index (χ3v) is 4.96. The smallest absolute Gasteiger partial charge is 0.270 e. The van der Waals surface area contributed by atoms with E-state index in [1.165, 1.54) is 18.2 Å². The number of rotatable bonds is 4. The van der Waals surface area contributed by atoms with Gasteiger partial charge in [-0.05, 0) is 46.3 Å². The number of nitrogens with zero attached hydrogens (tertiary/aromatic N) is 2. The van der Waals surface area contributed by atoms with Gasteiger partial charge in [0, 0.05) is 40.3 Å². The van der Waals surface area contributed by atoms with Crippen molar-refractivity contribution in [3.8, 4) is 0 Å². The van der Waals surface area contributed by atoms with E-state index in [4.69, 9.17) is 11.6 Å². The van der Waals surface area contributed by atoms with Crippen molar-refractivity contribution >= 4 is 56.4 Å². The Balaban J connectivity index is 1.70. The highest BCUT2D eigenvalue weighted by Gasteiger charge is 2.35. The molecule has 0 aliphatic carbocycles. The summed E-state index contributed by atoms with van der Waals surface area (Å²) < 4.78 is 0.402. The van der Waals surface area contributed by atoms with E-state index in [0.717, 1.165) is 0 Å². The number of amides is 2. The fourth-order valence-corrected chi connectivity index (χ4v) is 3.30. The zero-order valence-corrected chi connectivity index (χ0v) is 15.7. The Morgan fingerprint density at radius 2 is 1.96 bits per heavy atom. The summed E-state index contributed by atoms with van der Waals surface area (Å²) >= 11 is 9.07. The Morgan fingerprint density at radius 3 is 2.58 bits per heavy atom. The number of carbonyl (C=O) groups excluding carboxylic acids is 2. The number of hydrogen-bond acceptors (Lipinski definition) is 4. The molecule has 134 valence electrons. The van der Waals surface area contributed by atoms with Crippen molar-refractivity contribution in [3.63, 3.8) is 0 Å². The van der Waals surface area contributed by atoms with Crippen molar-refractivity contribution in [2.75, 3.05) is 16.8 Å². The van der Waals surface area contributed by atoms with Crippen LogP contribution in [0, 0.1) is 16.0 Å². The molecule has 1 fully saturated rings. The van der Waals surface area contributed by atoms with E-state index in [1.54, 1.807) is 29.2 Å². The second kappa shape index (κ2) is 7.43. The zero-order chi connectivity index (χ0) is 18.8. The van der Waals surface area contributed by atoms with Gasteiger partial charge in [0.15, 0.2) is 0 Å². The zero-order valence-electron chi connectivity index (χ0n) is 13.3. The molecule has 0 aromatic heterocycles. The Kier molecular flexibility index (Phi) is 5.24. The number of nitro benzene ring substituents is 1. The first kappa shape index (κ1) is 18.3. The Labute approximate surface area is 162 Å². The molecule has 0 spiro atoms. The minimum atomic E-state index is -0.518. The van der Waals surface area contributed by atoms with Gasteiger partial charge in [-0.3, -0.25) is 19.7 Å². The minimum absolute atomic E-state index is 0.0835. The van der Waals surface area contributed by atoms with Gasteiger partial charge in [0.1, 0.15) is 0 Å². The van der Waals surface area contributed by atoms with Gasteiger partial charge < -0.3 is 10.2 Å². The van der Waals surface area contributed by atoms with E-state index >= 15 is 0 Å². The van der Waals surface area contributed by atoms with Crippen LogP contribution in [-0.2, 0) is 9.59 Å². The van der Waals surface area contributed by atoms with E-state index in [2.05, 4.69) is 21.2 Å². The van der Waals surface area contributed by atoms with Gasteiger partial charge in [0.05, 0.1) is 16.5 Å². The molecule has 0 unspecified atom stereocenters. The van der Waals surface area contributed by atoms with E-state index in [-0.39, 0.29) is 30.5 Å². The van der Waals surface area contributed by atoms with Gasteiger partial charge in [-0.25, -0.2) is 0 Å². The fourth-order valence-electron chi connectivity index (χ4n) is 2.71. The van der Waals surface area contributed by atoms with Crippen LogP contribution >= 0.6 is 27.5 Å². The fraction of sp³-hybridized carbons (Fsp3) is 0.176. The summed E-state index contributed by atoms with van der Waals surface area (Å²) in [6, 6.07) is 10.9. The molecule has 1 heterocycles. The molecule has 2 amide bonds. The lowest BCUT2D eigenvalue weighted by Gasteiger charge is -2.17. The lowest BCUT2D eigenvalue weighted by molar-refractivity contribution is -0.384. The summed E-state index contributed by atoms with van der Waals surface area (Å²) in [4.78, 5) is 36.5. The predicted octanol–water partition coefficient (Wildman–Crippen LogP) is 4.00. The lowest BCUT2D eigenvalue weighted by atomic mass is 10.1. The van der Waals surface area contributed by atoms with Crippen molar-refractivity contribution in [1.82, 2.24) is 0 Å². The van der Waals surface area contributed by atoms with Crippen LogP contribution in [0.15, 0.2) is 46.9 Å². The number of nitro groups is 1. The largest absolute Gasteiger partial charge is 0.325 e. The third-order valence-electron chi connectivity index (χ3n) is 4.06. The number of non-ortho nitro benzene ring substituents is 1. The van der Waals surface area contributed by atoms with Crippen LogP contribution in [0.25, 0.3) is 0 Å². The van der Waals surface area contributed by atoms with Crippen LogP contribution in [0.4, 0.5) is 17.1 Å². The normalized spacial score (nSPS) is 16.6. The molecule has 1 saturated heterocycles. The highest BCUT2D eigenvalue weighted by molar-refractivity contribution is 9.10. The molecule has 2 aromatic rings. The second-order valence-corrected chi connectivity index (χ2v) is 7.08. The second-order valence-electron chi connectivity index (χ2n) is 5.79. The summed E-state index contributed by atoms with van der Waals surface area (Å²) in [6.45, 7) is 0.261. The maximum Gasteiger partial charge on any atom is 0.270 e. The summed E-state index contributed by atoms with van der Waals surface area (Å²) in [5, 5.41) is 14.0. The van der Waals surface area contributed by atoms with Crippen LogP contribution in [0.3, 0.4) is 0 Å². The lowest BCUT2D eigenvalue weighted by Crippen LogP contribution is -2.28. The molecule has 1 aliphatic rings. The van der Waals surface area contributed by atoms with E-state index in [1.807, 2.05) is 0 Å². The molecule has 0 saturated carbocycles. The van der Waals surface area contributed by atoms with E-state index in [9.17, 15) is 19.7 Å². The van der Waals surface area contributed by atoms with Crippen LogP contribution in [0.1, 0.15) is 6.42 Å². The average molecular weight is 439 g/mol. The minimum Gasteiger partial charge on any atom is -0.325 e. The van der Waals surface area contributed by atoms with E-state index < -0.39 is 10.8 Å². The molecule has 1 atom stereocenters. The van der Waals surface area contributed by atoms with Crippen LogP contribution in [-0.4, -0.2) is 23.3 Å². The highest BCUT2D eigenvalue weighted by Crippen LogP contribution is 2.30. The number of carbonyl (C=O) groups is 2. The molecular weight excluding hydrogens is 426 g/mol. The average Bonchev–Trinajstić information content (AvgIpc) is 2.99. The molecule has 1 N–H and O–H groups in total. The van der Waals surface area contributed by atoms with Crippen LogP contribution < -0.4 is 10.2 Å². The van der Waals surface area contributed by atoms with Crippen molar-refractivity contribution in [1.29, 1.82) is 0 Å². The van der Waals surface area contributed by atoms with Gasteiger partial charge in [0.2, 0.25) is 11.8 Å². The summed E-state index contributed by atoms with van der Waals surface area (Å²) in [6.07, 6.45) is 0.0963. The number of hydrogen-bond donors (Lipinski definition) is 1.